The van der Waals surface area contributed by atoms with E-state index in [2.05, 4.69) is 15.6 Å². The van der Waals surface area contributed by atoms with Gasteiger partial charge in [0.05, 0.1) is 12.2 Å². The van der Waals surface area contributed by atoms with Crippen molar-refractivity contribution in [2.45, 2.75) is 20.4 Å². The molecule has 0 bridgehead atoms. The lowest BCUT2D eigenvalue weighted by atomic mass is 10.1. The Morgan fingerprint density at radius 3 is 2.69 bits per heavy atom. The molecule has 0 atom stereocenters. The lowest BCUT2D eigenvalue weighted by Gasteiger charge is -2.10. The summed E-state index contributed by atoms with van der Waals surface area (Å²) in [6, 6.07) is 14.4. The molecule has 2 aromatic heterocycles. The maximum Gasteiger partial charge on any atom is 0.280 e. The lowest BCUT2D eigenvalue weighted by Crippen LogP contribution is -2.24. The smallest absolute Gasteiger partial charge is 0.280 e. The van der Waals surface area contributed by atoms with Gasteiger partial charge in [0.25, 0.3) is 5.56 Å². The number of rotatable bonds is 4. The number of carbonyl (C=O) groups is 1. The third kappa shape index (κ3) is 3.77. The van der Waals surface area contributed by atoms with Gasteiger partial charge in [-0.3, -0.25) is 9.59 Å². The van der Waals surface area contributed by atoms with Crippen LogP contribution in [-0.4, -0.2) is 20.8 Å². The first-order valence-corrected chi connectivity index (χ1v) is 9.30. The Bertz CT molecular complexity index is 1280. The molecule has 2 aromatic carbocycles. The predicted octanol–water partition coefficient (Wildman–Crippen LogP) is 4.02. The number of hydrogen-bond donors (Lipinski definition) is 1. The van der Waals surface area contributed by atoms with Gasteiger partial charge in [0.2, 0.25) is 11.5 Å². The van der Waals surface area contributed by atoms with Gasteiger partial charge in [0, 0.05) is 23.2 Å². The van der Waals surface area contributed by atoms with Crippen LogP contribution in [0, 0.1) is 6.92 Å². The Morgan fingerprint density at radius 1 is 1.21 bits per heavy atom. The molecular weight excluding hydrogens is 392 g/mol. The van der Waals surface area contributed by atoms with Crippen LogP contribution in [0.25, 0.3) is 22.2 Å². The topological polar surface area (TPSA) is 90.0 Å². The number of halogens is 1. The van der Waals surface area contributed by atoms with Crippen molar-refractivity contribution in [1.29, 1.82) is 0 Å². The minimum absolute atomic E-state index is 0.177. The van der Waals surface area contributed by atoms with E-state index in [-0.39, 0.29) is 18.0 Å². The second kappa shape index (κ2) is 7.52. The molecule has 0 aliphatic carbocycles. The monoisotopic (exact) mass is 408 g/mol. The first-order valence-electron chi connectivity index (χ1n) is 8.92. The van der Waals surface area contributed by atoms with Crippen molar-refractivity contribution in [2.24, 2.45) is 0 Å². The van der Waals surface area contributed by atoms with E-state index in [0.29, 0.717) is 38.6 Å². The zero-order valence-electron chi connectivity index (χ0n) is 15.8. The van der Waals surface area contributed by atoms with E-state index in [1.54, 1.807) is 37.3 Å². The fraction of sp³-hybridized carbons (Fsp3) is 0.143. The minimum atomic E-state index is -0.282. The van der Waals surface area contributed by atoms with Crippen molar-refractivity contribution in [2.75, 3.05) is 5.32 Å². The summed E-state index contributed by atoms with van der Waals surface area (Å²) in [5.41, 5.74) is 3.21. The highest BCUT2D eigenvalue weighted by molar-refractivity contribution is 6.30. The van der Waals surface area contributed by atoms with E-state index in [1.165, 1.54) is 11.6 Å². The Labute approximate surface area is 170 Å². The van der Waals surface area contributed by atoms with Gasteiger partial charge in [-0.2, -0.15) is 5.10 Å². The number of hydrogen-bond acceptors (Lipinski definition) is 5. The molecule has 4 aromatic rings. The van der Waals surface area contributed by atoms with E-state index < -0.39 is 0 Å². The largest absolute Gasteiger partial charge is 0.353 e. The lowest BCUT2D eigenvalue weighted by molar-refractivity contribution is -0.114. The molecule has 29 heavy (non-hydrogen) atoms. The fourth-order valence-corrected chi connectivity index (χ4v) is 3.26. The van der Waals surface area contributed by atoms with E-state index in [0.717, 1.165) is 5.56 Å². The highest BCUT2D eigenvalue weighted by Gasteiger charge is 2.19. The van der Waals surface area contributed by atoms with Crippen LogP contribution in [0.15, 0.2) is 57.8 Å². The molecule has 0 saturated heterocycles. The number of nitrogens with zero attached hydrogens (tertiary/aromatic N) is 3. The summed E-state index contributed by atoms with van der Waals surface area (Å²) in [4.78, 5) is 24.4. The number of fused-ring (bicyclic) bond motifs is 1. The number of nitrogens with one attached hydrogen (secondary N) is 1. The summed E-state index contributed by atoms with van der Waals surface area (Å²) in [5.74, 6) is -0.177. The molecule has 2 heterocycles. The number of aryl methyl sites for hydroxylation is 1. The maximum absolute atomic E-state index is 13.0. The van der Waals surface area contributed by atoms with Crippen LogP contribution in [0.3, 0.4) is 0 Å². The summed E-state index contributed by atoms with van der Waals surface area (Å²) in [7, 11) is 0. The highest BCUT2D eigenvalue weighted by atomic mass is 35.5. The number of anilines is 1. The summed E-state index contributed by atoms with van der Waals surface area (Å²) in [6.07, 6.45) is 0. The molecule has 0 aliphatic rings. The highest BCUT2D eigenvalue weighted by Crippen LogP contribution is 2.28. The van der Waals surface area contributed by atoms with Gasteiger partial charge in [-0.15, -0.1) is 0 Å². The number of carbonyl (C=O) groups excluding carboxylic acids is 1. The number of amides is 1. The summed E-state index contributed by atoms with van der Waals surface area (Å²) in [6.45, 7) is 3.43. The van der Waals surface area contributed by atoms with Gasteiger partial charge in [-0.25, -0.2) is 4.68 Å². The average molecular weight is 409 g/mol. The fourth-order valence-electron chi connectivity index (χ4n) is 3.13. The van der Waals surface area contributed by atoms with Crippen molar-refractivity contribution in [1.82, 2.24) is 14.9 Å². The molecule has 1 amide bonds. The van der Waals surface area contributed by atoms with Crippen LogP contribution >= 0.6 is 11.6 Å². The van der Waals surface area contributed by atoms with Crippen molar-refractivity contribution in [3.8, 4) is 11.3 Å². The molecule has 0 unspecified atom stereocenters. The molecule has 1 N–H and O–H groups in total. The second-order valence-electron chi connectivity index (χ2n) is 6.67. The van der Waals surface area contributed by atoms with Crippen molar-refractivity contribution in [3.63, 3.8) is 0 Å². The predicted molar refractivity (Wildman–Crippen MR) is 111 cm³/mol. The zero-order chi connectivity index (χ0) is 20.5. The van der Waals surface area contributed by atoms with Gasteiger partial charge in [-0.05, 0) is 36.8 Å². The Kier molecular flexibility index (Phi) is 4.90. The van der Waals surface area contributed by atoms with E-state index in [1.807, 2.05) is 18.2 Å². The Hall–Kier alpha value is -3.45. The molecule has 0 spiro atoms. The maximum atomic E-state index is 13.0. The van der Waals surface area contributed by atoms with Gasteiger partial charge < -0.3 is 9.84 Å². The Morgan fingerprint density at radius 2 is 1.97 bits per heavy atom. The van der Waals surface area contributed by atoms with E-state index >= 15 is 0 Å². The molecule has 7 nitrogen and oxygen atoms in total. The quantitative estimate of drug-likeness (QED) is 0.550. The SMILES string of the molecule is CC(=O)Nc1cccc(-c2nn(Cc3ccc(Cl)cc3)c(=O)c3c(C)noc23)c1. The standard InChI is InChI=1S/C21H17ClN4O3/c1-12-18-20(29-25-12)19(15-4-3-5-17(10-15)23-13(2)27)24-26(21(18)28)11-14-6-8-16(22)9-7-14/h3-10H,11H2,1-2H3,(H,23,27). The van der Waals surface area contributed by atoms with Crippen molar-refractivity contribution < 1.29 is 9.32 Å². The van der Waals surface area contributed by atoms with Gasteiger partial charge in [0.15, 0.2) is 0 Å². The van der Waals surface area contributed by atoms with Gasteiger partial charge in [-0.1, -0.05) is 41.0 Å². The van der Waals surface area contributed by atoms with Crippen LogP contribution in [0.4, 0.5) is 5.69 Å². The summed E-state index contributed by atoms with van der Waals surface area (Å²) < 4.78 is 6.81. The zero-order valence-corrected chi connectivity index (χ0v) is 16.5. The molecule has 146 valence electrons. The summed E-state index contributed by atoms with van der Waals surface area (Å²) in [5, 5.41) is 12.3. The average Bonchev–Trinajstić information content (AvgIpc) is 3.07. The van der Waals surface area contributed by atoms with Crippen molar-refractivity contribution >= 4 is 34.2 Å². The Balaban J connectivity index is 1.88. The van der Waals surface area contributed by atoms with Crippen molar-refractivity contribution in [3.05, 3.63) is 75.2 Å². The third-order valence-corrected chi connectivity index (χ3v) is 4.70. The molecule has 8 heteroatoms. The molecule has 0 saturated carbocycles. The van der Waals surface area contributed by atoms with Crippen LogP contribution in [0.5, 0.6) is 0 Å². The molecule has 0 fully saturated rings. The van der Waals surface area contributed by atoms with E-state index in [4.69, 9.17) is 16.1 Å². The van der Waals surface area contributed by atoms with Crippen LogP contribution in [-0.2, 0) is 11.3 Å². The molecular formula is C21H17ClN4O3. The van der Waals surface area contributed by atoms with Crippen LogP contribution in [0.1, 0.15) is 18.2 Å². The van der Waals surface area contributed by atoms with E-state index in [9.17, 15) is 9.59 Å². The minimum Gasteiger partial charge on any atom is -0.353 e. The summed E-state index contributed by atoms with van der Waals surface area (Å²) >= 11 is 5.95. The normalized spacial score (nSPS) is 11.0. The van der Waals surface area contributed by atoms with Gasteiger partial charge >= 0.3 is 0 Å². The second-order valence-corrected chi connectivity index (χ2v) is 7.11. The molecule has 0 aliphatic heterocycles. The number of benzene rings is 2. The number of aromatic nitrogens is 3. The first-order chi connectivity index (χ1) is 13.9. The third-order valence-electron chi connectivity index (χ3n) is 4.45. The molecule has 4 rings (SSSR count). The van der Waals surface area contributed by atoms with Crippen LogP contribution < -0.4 is 10.9 Å². The van der Waals surface area contributed by atoms with Crippen LogP contribution in [0.2, 0.25) is 5.02 Å². The molecule has 0 radical (unpaired) electrons. The van der Waals surface area contributed by atoms with Gasteiger partial charge in [0.1, 0.15) is 11.1 Å². The first kappa shape index (κ1) is 18.9.